The lowest BCUT2D eigenvalue weighted by Gasteiger charge is -2.45. The van der Waals surface area contributed by atoms with Crippen LogP contribution in [-0.4, -0.2) is 82.6 Å². The van der Waals surface area contributed by atoms with Crippen LogP contribution < -0.4 is 0 Å². The second kappa shape index (κ2) is 18.9. The summed E-state index contributed by atoms with van der Waals surface area (Å²) in [5.74, 6) is 0. The fourth-order valence-electron chi connectivity index (χ4n) is 7.80. The predicted octanol–water partition coefficient (Wildman–Crippen LogP) is 12.0. The van der Waals surface area contributed by atoms with Crippen molar-refractivity contribution in [3.8, 4) is 0 Å². The number of aldehydes is 1. The maximum atomic E-state index is 12.3. The number of piperidine rings is 2. The Hall–Kier alpha value is -1.85. The summed E-state index contributed by atoms with van der Waals surface area (Å²) in [7, 11) is 0. The predicted molar refractivity (Wildman–Crippen MR) is 221 cm³/mol. The second-order valence-corrected chi connectivity index (χ2v) is 19.5. The highest BCUT2D eigenvalue weighted by atomic mass is 79.9. The lowest BCUT2D eigenvalue weighted by Crippen LogP contribution is -2.53. The van der Waals surface area contributed by atoms with E-state index < -0.39 is 5.60 Å². The molecule has 2 spiro atoms. The van der Waals surface area contributed by atoms with Crippen molar-refractivity contribution in [1.82, 2.24) is 14.7 Å². The van der Waals surface area contributed by atoms with Gasteiger partial charge in [-0.15, -0.1) is 0 Å². The van der Waals surface area contributed by atoms with E-state index in [1.807, 2.05) is 57.4 Å². The fraction of sp³-hybridized carbons (Fsp3) is 0.634. The largest absolute Gasteiger partial charge is 0.444 e. The number of carbonyl (C=O) groups excluding carboxylic acids is 3. The molecule has 294 valence electrons. The van der Waals surface area contributed by atoms with E-state index in [0.29, 0.717) is 16.0 Å². The average Bonchev–Trinajstić information content (AvgIpc) is 3.70. The summed E-state index contributed by atoms with van der Waals surface area (Å²) in [5, 5.41) is 1.36. The van der Waals surface area contributed by atoms with Crippen LogP contribution in [0.4, 0.5) is 9.59 Å². The number of halogens is 4. The number of rotatable bonds is 3. The minimum absolute atomic E-state index is 0.134. The van der Waals surface area contributed by atoms with E-state index in [2.05, 4.69) is 48.9 Å². The summed E-state index contributed by atoms with van der Waals surface area (Å²) in [6.07, 6.45) is 12.8. The lowest BCUT2D eigenvalue weighted by molar-refractivity contribution is 0.00153. The van der Waals surface area contributed by atoms with Crippen molar-refractivity contribution < 1.29 is 23.9 Å². The molecule has 0 unspecified atom stereocenters. The molecule has 0 radical (unpaired) electrons. The van der Waals surface area contributed by atoms with Gasteiger partial charge in [-0.3, -0.25) is 9.69 Å². The van der Waals surface area contributed by atoms with Gasteiger partial charge in [0.15, 0.2) is 0 Å². The van der Waals surface area contributed by atoms with Crippen LogP contribution in [0.5, 0.6) is 0 Å². The molecule has 8 nitrogen and oxygen atoms in total. The Labute approximate surface area is 343 Å². The highest BCUT2D eigenvalue weighted by Crippen LogP contribution is 2.46. The zero-order valence-electron chi connectivity index (χ0n) is 32.2. The quantitative estimate of drug-likeness (QED) is 0.286. The monoisotopic (exact) mass is 899 g/mol. The minimum atomic E-state index is -0.437. The summed E-state index contributed by atoms with van der Waals surface area (Å²) in [5.41, 5.74) is 1.87. The molecule has 53 heavy (non-hydrogen) atoms. The van der Waals surface area contributed by atoms with E-state index in [9.17, 15) is 14.4 Å². The van der Waals surface area contributed by atoms with Gasteiger partial charge in [0.25, 0.3) is 0 Å². The molecule has 0 atom stereocenters. The Morgan fingerprint density at radius 1 is 0.698 bits per heavy atom. The van der Waals surface area contributed by atoms with E-state index in [1.54, 1.807) is 18.2 Å². The van der Waals surface area contributed by atoms with Gasteiger partial charge in [-0.05, 0) is 167 Å². The maximum absolute atomic E-state index is 12.3. The molecule has 4 fully saturated rings. The summed E-state index contributed by atoms with van der Waals surface area (Å²) in [6, 6.07) is 11.2. The molecule has 0 N–H and O–H groups in total. The van der Waals surface area contributed by atoms with Crippen LogP contribution in [-0.2, 0) is 16.0 Å². The van der Waals surface area contributed by atoms with Crippen LogP contribution in [0.3, 0.4) is 0 Å². The zero-order valence-corrected chi connectivity index (χ0v) is 36.9. The van der Waals surface area contributed by atoms with Gasteiger partial charge < -0.3 is 19.3 Å². The summed E-state index contributed by atoms with van der Waals surface area (Å²) in [6.45, 7) is 16.9. The van der Waals surface area contributed by atoms with Gasteiger partial charge in [0.1, 0.15) is 17.5 Å². The molecule has 0 bridgehead atoms. The molecule has 3 saturated heterocycles. The number of benzene rings is 2. The highest BCUT2D eigenvalue weighted by molar-refractivity contribution is 9.10. The number of likely N-dealkylation sites (tertiary alicyclic amines) is 3. The van der Waals surface area contributed by atoms with Crippen molar-refractivity contribution in [2.24, 2.45) is 5.41 Å². The summed E-state index contributed by atoms with van der Waals surface area (Å²) >= 11 is 18.5. The van der Waals surface area contributed by atoms with Crippen LogP contribution in [0.25, 0.3) is 0 Å². The molecule has 12 heteroatoms. The van der Waals surface area contributed by atoms with Crippen molar-refractivity contribution in [2.45, 2.75) is 129 Å². The van der Waals surface area contributed by atoms with Gasteiger partial charge in [0, 0.05) is 52.8 Å². The first kappa shape index (κ1) is 43.9. The number of nitrogens with zero attached hydrogens (tertiary/aromatic N) is 3. The van der Waals surface area contributed by atoms with Gasteiger partial charge in [0.2, 0.25) is 0 Å². The first-order valence-corrected chi connectivity index (χ1v) is 21.2. The smallest absolute Gasteiger partial charge is 0.410 e. The molecule has 2 aromatic rings. The third kappa shape index (κ3) is 13.1. The third-order valence-corrected chi connectivity index (χ3v) is 13.1. The third-order valence-electron chi connectivity index (χ3n) is 10.7. The number of hydrogen-bond donors (Lipinski definition) is 0. The van der Waals surface area contributed by atoms with Crippen LogP contribution in [0.15, 0.2) is 45.3 Å². The van der Waals surface area contributed by atoms with Crippen molar-refractivity contribution in [3.63, 3.8) is 0 Å². The Kier molecular flexibility index (Phi) is 15.6. The molecule has 1 aliphatic carbocycles. The van der Waals surface area contributed by atoms with Crippen molar-refractivity contribution in [3.05, 3.63) is 66.5 Å². The van der Waals surface area contributed by atoms with E-state index in [0.717, 1.165) is 72.4 Å². The Morgan fingerprint density at radius 3 is 1.66 bits per heavy atom. The van der Waals surface area contributed by atoms with Crippen LogP contribution >= 0.6 is 55.1 Å². The number of amides is 2. The van der Waals surface area contributed by atoms with E-state index in [1.165, 1.54) is 56.9 Å². The van der Waals surface area contributed by atoms with Crippen molar-refractivity contribution >= 4 is 73.5 Å². The zero-order chi connectivity index (χ0) is 39.0. The lowest BCUT2D eigenvalue weighted by atomic mass is 9.77. The second-order valence-electron chi connectivity index (χ2n) is 16.9. The fourth-order valence-corrected chi connectivity index (χ4v) is 8.86. The molecule has 1 saturated carbocycles. The van der Waals surface area contributed by atoms with Crippen LogP contribution in [0.1, 0.15) is 122 Å². The molecule has 2 amide bonds. The Bertz CT molecular complexity index is 1550. The van der Waals surface area contributed by atoms with Crippen molar-refractivity contribution in [2.75, 3.05) is 32.7 Å². The minimum Gasteiger partial charge on any atom is -0.444 e. The highest BCUT2D eigenvalue weighted by Gasteiger charge is 2.44. The molecule has 3 heterocycles. The molecule has 0 aromatic heterocycles. The van der Waals surface area contributed by atoms with E-state index >= 15 is 0 Å². The van der Waals surface area contributed by atoms with Gasteiger partial charge in [-0.2, -0.15) is 0 Å². The normalized spacial score (nSPS) is 19.6. The van der Waals surface area contributed by atoms with E-state index in [4.69, 9.17) is 32.7 Å². The number of hydrogen-bond acceptors (Lipinski definition) is 6. The first-order valence-electron chi connectivity index (χ1n) is 18.9. The maximum Gasteiger partial charge on any atom is 0.410 e. The molecular formula is C41H57Br2Cl2N3O5. The Balaban J connectivity index is 0.000000198. The molecule has 2 aromatic carbocycles. The van der Waals surface area contributed by atoms with Gasteiger partial charge in [-0.25, -0.2) is 9.59 Å². The summed E-state index contributed by atoms with van der Waals surface area (Å²) in [4.78, 5) is 40.8. The van der Waals surface area contributed by atoms with Gasteiger partial charge >= 0.3 is 12.2 Å². The topological polar surface area (TPSA) is 79.4 Å². The number of carbonyl (C=O) groups is 3. The molecule has 4 aliphatic rings. The van der Waals surface area contributed by atoms with Crippen molar-refractivity contribution in [1.29, 1.82) is 0 Å². The summed E-state index contributed by atoms with van der Waals surface area (Å²) < 4.78 is 12.6. The van der Waals surface area contributed by atoms with Gasteiger partial charge in [0.05, 0.1) is 10.0 Å². The van der Waals surface area contributed by atoms with Crippen LogP contribution in [0.2, 0.25) is 10.0 Å². The first-order chi connectivity index (χ1) is 24.8. The average molecular weight is 903 g/mol. The van der Waals surface area contributed by atoms with Gasteiger partial charge in [-0.1, -0.05) is 48.2 Å². The number of ether oxygens (including phenoxy) is 2. The SMILES string of the molecule is CC(C)(C)OC(=O)N1CCC2(CCCC2)CC1.CC(C)(C)OC(=O)N1CCC2(CCCN2Cc2ccc(Cl)c(Br)c2)CC1.O=Cc1ccc(Cl)c(Br)c1. The molecule has 6 rings (SSSR count). The van der Waals surface area contributed by atoms with Crippen LogP contribution in [0, 0.1) is 5.41 Å². The van der Waals surface area contributed by atoms with E-state index in [-0.39, 0.29) is 23.3 Å². The molecular weight excluding hydrogens is 845 g/mol. The Morgan fingerprint density at radius 2 is 1.19 bits per heavy atom. The standard InChI is InChI=1S/C20H28BrClN2O2.C14H25NO2.C7H4BrClO/c1-19(2,3)26-18(25)23-11-8-20(9-12-23)7-4-10-24(20)14-15-5-6-17(22)16(21)13-15;1-13(2,3)17-12(16)15-10-8-14(9-11-15)6-4-5-7-14;8-6-3-5(4-10)1-2-7(6)9/h5-6,13H,4,7-12,14H2,1-3H3;4-11H2,1-3H3;1-4H. The molecule has 3 aliphatic heterocycles.